The van der Waals surface area contributed by atoms with Crippen LogP contribution in [0.5, 0.6) is 5.75 Å². The van der Waals surface area contributed by atoms with Gasteiger partial charge in [0, 0.05) is 30.8 Å². The van der Waals surface area contributed by atoms with Crippen LogP contribution in [0.4, 0.5) is 0 Å². The maximum Gasteiger partial charge on any atom is 0.264 e. The molecular weight excluding hydrogens is 356 g/mol. The number of piperidine rings is 1. The van der Waals surface area contributed by atoms with Crippen molar-refractivity contribution in [2.45, 2.75) is 32.3 Å². The first-order chi connectivity index (χ1) is 13.7. The quantitative estimate of drug-likeness (QED) is 0.677. The number of pyridine rings is 1. The van der Waals surface area contributed by atoms with Crippen molar-refractivity contribution in [1.29, 1.82) is 0 Å². The molecule has 0 aliphatic carbocycles. The lowest BCUT2D eigenvalue weighted by Gasteiger charge is -2.30. The molecule has 144 valence electrons. The Morgan fingerprint density at radius 1 is 1.25 bits per heavy atom. The molecule has 0 N–H and O–H groups in total. The van der Waals surface area contributed by atoms with Gasteiger partial charge in [0.2, 0.25) is 0 Å². The molecule has 0 bridgehead atoms. The highest BCUT2D eigenvalue weighted by Gasteiger charge is 2.27. The molecule has 1 aliphatic heterocycles. The van der Waals surface area contributed by atoms with E-state index in [1.54, 1.807) is 18.5 Å². The summed E-state index contributed by atoms with van der Waals surface area (Å²) in [6, 6.07) is 11.3. The number of amides is 1. The van der Waals surface area contributed by atoms with E-state index in [4.69, 9.17) is 9.26 Å². The largest absolute Gasteiger partial charge is 0.482 e. The number of ether oxygens (including phenoxy) is 1. The van der Waals surface area contributed by atoms with Crippen LogP contribution in [0.3, 0.4) is 0 Å². The van der Waals surface area contributed by atoms with E-state index in [9.17, 15) is 4.79 Å². The van der Waals surface area contributed by atoms with Crippen molar-refractivity contribution in [3.05, 3.63) is 71.6 Å². The fourth-order valence-electron chi connectivity index (χ4n) is 3.37. The lowest BCUT2D eigenvalue weighted by molar-refractivity contribution is 0.0710. The first-order valence-electron chi connectivity index (χ1n) is 9.40. The normalized spacial score (nSPS) is 14.8. The van der Waals surface area contributed by atoms with Crippen LogP contribution in [-0.2, 0) is 6.61 Å². The Kier molecular flexibility index (Phi) is 5.32. The number of nitrogens with zero attached hydrogens (tertiary/aromatic N) is 4. The van der Waals surface area contributed by atoms with E-state index in [2.05, 4.69) is 15.1 Å². The monoisotopic (exact) mass is 378 g/mol. The molecule has 3 aromatic rings. The summed E-state index contributed by atoms with van der Waals surface area (Å²) in [5.74, 6) is 2.06. The highest BCUT2D eigenvalue weighted by atomic mass is 16.5. The van der Waals surface area contributed by atoms with Crippen molar-refractivity contribution < 1.29 is 14.1 Å². The maximum absolute atomic E-state index is 12.7. The fourth-order valence-corrected chi connectivity index (χ4v) is 3.37. The zero-order valence-electron chi connectivity index (χ0n) is 15.7. The van der Waals surface area contributed by atoms with E-state index in [0.29, 0.717) is 30.6 Å². The Hall–Kier alpha value is -3.22. The van der Waals surface area contributed by atoms with Gasteiger partial charge in [0.15, 0.2) is 12.4 Å². The molecule has 1 aliphatic rings. The van der Waals surface area contributed by atoms with Crippen LogP contribution < -0.4 is 4.74 Å². The minimum atomic E-state index is 0.0841. The van der Waals surface area contributed by atoms with Gasteiger partial charge >= 0.3 is 0 Å². The third-order valence-corrected chi connectivity index (χ3v) is 4.89. The first kappa shape index (κ1) is 18.2. The summed E-state index contributed by atoms with van der Waals surface area (Å²) in [6.45, 7) is 3.58. The third kappa shape index (κ3) is 4.19. The molecule has 0 spiro atoms. The first-order valence-corrected chi connectivity index (χ1v) is 9.40. The van der Waals surface area contributed by atoms with Crippen LogP contribution in [0.1, 0.15) is 46.4 Å². The third-order valence-electron chi connectivity index (χ3n) is 4.89. The lowest BCUT2D eigenvalue weighted by Crippen LogP contribution is -2.38. The molecule has 1 saturated heterocycles. The minimum absolute atomic E-state index is 0.0841. The van der Waals surface area contributed by atoms with Crippen LogP contribution in [-0.4, -0.2) is 39.0 Å². The summed E-state index contributed by atoms with van der Waals surface area (Å²) in [7, 11) is 0. The van der Waals surface area contributed by atoms with Crippen molar-refractivity contribution >= 4 is 5.91 Å². The summed E-state index contributed by atoms with van der Waals surface area (Å²) in [4.78, 5) is 23.0. The second kappa shape index (κ2) is 8.21. The molecule has 4 rings (SSSR count). The van der Waals surface area contributed by atoms with Gasteiger partial charge in [0.05, 0.1) is 6.20 Å². The Bertz CT molecular complexity index is 934. The van der Waals surface area contributed by atoms with Gasteiger partial charge in [-0.1, -0.05) is 22.9 Å². The van der Waals surface area contributed by atoms with Crippen LogP contribution >= 0.6 is 0 Å². The number of rotatable bonds is 5. The molecule has 7 nitrogen and oxygen atoms in total. The number of hydrogen-bond acceptors (Lipinski definition) is 6. The van der Waals surface area contributed by atoms with Gasteiger partial charge in [0.1, 0.15) is 5.75 Å². The van der Waals surface area contributed by atoms with Crippen LogP contribution in [0.25, 0.3) is 0 Å². The number of aryl methyl sites for hydroxylation is 1. The molecule has 1 aromatic carbocycles. The van der Waals surface area contributed by atoms with Gasteiger partial charge in [-0.05, 0) is 44.0 Å². The molecule has 1 amide bonds. The summed E-state index contributed by atoms with van der Waals surface area (Å²) < 4.78 is 10.9. The van der Waals surface area contributed by atoms with Crippen molar-refractivity contribution in [2.24, 2.45) is 0 Å². The zero-order valence-corrected chi connectivity index (χ0v) is 15.7. The Balaban J connectivity index is 1.31. The van der Waals surface area contributed by atoms with E-state index < -0.39 is 0 Å². The molecular formula is C21H22N4O3. The standard InChI is InChI=1S/C21H22N4O3/c1-15-4-2-5-17(12-15)21(26)25-10-7-16(8-11-25)20-23-19(28-24-20)14-27-18-6-3-9-22-13-18/h2-6,9,12-13,16H,7-8,10-11,14H2,1H3. The van der Waals surface area contributed by atoms with Gasteiger partial charge in [-0.3, -0.25) is 9.78 Å². The summed E-state index contributed by atoms with van der Waals surface area (Å²) in [5.41, 5.74) is 1.83. The van der Waals surface area contributed by atoms with E-state index in [-0.39, 0.29) is 18.4 Å². The second-order valence-electron chi connectivity index (χ2n) is 6.96. The molecule has 0 saturated carbocycles. The van der Waals surface area contributed by atoms with Crippen LogP contribution in [0.15, 0.2) is 53.3 Å². The van der Waals surface area contributed by atoms with Gasteiger partial charge in [-0.15, -0.1) is 0 Å². The van der Waals surface area contributed by atoms with E-state index in [0.717, 1.165) is 24.0 Å². The predicted octanol–water partition coefficient (Wildman–Crippen LogP) is 3.37. The lowest BCUT2D eigenvalue weighted by atomic mass is 9.95. The highest BCUT2D eigenvalue weighted by molar-refractivity contribution is 5.94. The zero-order chi connectivity index (χ0) is 19.3. The molecule has 3 heterocycles. The summed E-state index contributed by atoms with van der Waals surface area (Å²) in [6.07, 6.45) is 4.96. The molecule has 0 unspecified atom stereocenters. The fraction of sp³-hybridized carbons (Fsp3) is 0.333. The number of aromatic nitrogens is 3. The average Bonchev–Trinajstić information content (AvgIpc) is 3.22. The molecule has 1 fully saturated rings. The van der Waals surface area contributed by atoms with Crippen molar-refractivity contribution in [1.82, 2.24) is 20.0 Å². The summed E-state index contributed by atoms with van der Waals surface area (Å²) >= 11 is 0. The topological polar surface area (TPSA) is 81.4 Å². The Morgan fingerprint density at radius 3 is 2.86 bits per heavy atom. The maximum atomic E-state index is 12.7. The van der Waals surface area contributed by atoms with Gasteiger partial charge in [-0.2, -0.15) is 4.98 Å². The number of likely N-dealkylation sites (tertiary alicyclic amines) is 1. The molecule has 0 radical (unpaired) electrons. The Labute approximate surface area is 163 Å². The van der Waals surface area contributed by atoms with Gasteiger partial charge in [-0.25, -0.2) is 0 Å². The van der Waals surface area contributed by atoms with Crippen molar-refractivity contribution in [3.8, 4) is 5.75 Å². The van der Waals surface area contributed by atoms with Gasteiger partial charge in [0.25, 0.3) is 11.8 Å². The Morgan fingerprint density at radius 2 is 2.11 bits per heavy atom. The number of carbonyl (C=O) groups excluding carboxylic acids is 1. The summed E-state index contributed by atoms with van der Waals surface area (Å²) in [5, 5.41) is 4.11. The van der Waals surface area contributed by atoms with Gasteiger partial charge < -0.3 is 14.2 Å². The van der Waals surface area contributed by atoms with Crippen LogP contribution in [0, 0.1) is 6.92 Å². The van der Waals surface area contributed by atoms with Crippen LogP contribution in [0.2, 0.25) is 0 Å². The number of hydrogen-bond donors (Lipinski definition) is 0. The average molecular weight is 378 g/mol. The second-order valence-corrected chi connectivity index (χ2v) is 6.96. The SMILES string of the molecule is Cc1cccc(C(=O)N2CCC(c3noc(COc4cccnc4)n3)CC2)c1. The highest BCUT2D eigenvalue weighted by Crippen LogP contribution is 2.27. The predicted molar refractivity (Wildman–Crippen MR) is 102 cm³/mol. The molecule has 2 aromatic heterocycles. The smallest absolute Gasteiger partial charge is 0.264 e. The van der Waals surface area contributed by atoms with E-state index in [1.165, 1.54) is 0 Å². The molecule has 7 heteroatoms. The minimum Gasteiger partial charge on any atom is -0.482 e. The van der Waals surface area contributed by atoms with Crippen molar-refractivity contribution in [3.63, 3.8) is 0 Å². The molecule has 0 atom stereocenters. The number of benzene rings is 1. The number of carbonyl (C=O) groups is 1. The molecule has 28 heavy (non-hydrogen) atoms. The van der Waals surface area contributed by atoms with E-state index in [1.807, 2.05) is 42.2 Å². The van der Waals surface area contributed by atoms with Crippen molar-refractivity contribution in [2.75, 3.05) is 13.1 Å². The van der Waals surface area contributed by atoms with E-state index >= 15 is 0 Å².